The lowest BCUT2D eigenvalue weighted by Crippen LogP contribution is -2.40. The monoisotopic (exact) mass is 372 g/mol. The zero-order valence-electron chi connectivity index (χ0n) is 16.3. The average molecular weight is 372 g/mol. The van der Waals surface area contributed by atoms with Gasteiger partial charge >= 0.3 is 5.69 Å². The molecule has 144 valence electrons. The van der Waals surface area contributed by atoms with E-state index in [-0.39, 0.29) is 13.2 Å². The predicted octanol–water partition coefficient (Wildman–Crippen LogP) is 0.840. The van der Waals surface area contributed by atoms with E-state index in [1.807, 2.05) is 20.8 Å². The van der Waals surface area contributed by atoms with Gasteiger partial charge in [0.15, 0.2) is 11.2 Å². The van der Waals surface area contributed by atoms with E-state index in [9.17, 15) is 9.59 Å². The van der Waals surface area contributed by atoms with Crippen LogP contribution in [0.5, 0.6) is 0 Å². The summed E-state index contributed by atoms with van der Waals surface area (Å²) < 4.78 is 11.0. The number of aryl methyl sites for hydroxylation is 2. The normalized spacial score (nSPS) is 11.4. The fraction of sp³-hybridized carbons (Fsp3) is 0.444. The molecule has 0 saturated heterocycles. The number of hydrogen-bond acceptors (Lipinski definition) is 5. The van der Waals surface area contributed by atoms with E-state index in [2.05, 4.69) is 16.7 Å². The van der Waals surface area contributed by atoms with Gasteiger partial charge in [-0.15, -0.1) is 6.58 Å². The van der Waals surface area contributed by atoms with Gasteiger partial charge < -0.3 is 4.74 Å². The smallest absolute Gasteiger partial charge is 0.332 e. The second-order valence-electron chi connectivity index (χ2n) is 6.48. The standard InChI is InChI=1S/C18H24N6O3/c1-7-8-22-14-15(19-17(22)24-13(4)11(2)12(3)20-24)21(5)18(26)23(16(14)25)9-10-27-6/h7H,1,8-10H2,2-6H3. The Morgan fingerprint density at radius 2 is 1.89 bits per heavy atom. The Morgan fingerprint density at radius 1 is 1.19 bits per heavy atom. The molecule has 0 fully saturated rings. The highest BCUT2D eigenvalue weighted by atomic mass is 16.5. The number of hydrogen-bond donors (Lipinski definition) is 0. The van der Waals surface area contributed by atoms with Crippen LogP contribution in [0.15, 0.2) is 22.2 Å². The maximum Gasteiger partial charge on any atom is 0.332 e. The highest BCUT2D eigenvalue weighted by Gasteiger charge is 2.22. The summed E-state index contributed by atoms with van der Waals surface area (Å²) in [7, 11) is 3.13. The molecule has 3 aromatic heterocycles. The summed E-state index contributed by atoms with van der Waals surface area (Å²) in [5.41, 5.74) is 2.70. The summed E-state index contributed by atoms with van der Waals surface area (Å²) in [6.45, 7) is 10.4. The molecule has 0 N–H and O–H groups in total. The molecule has 3 aromatic rings. The molecule has 3 rings (SSSR count). The first-order chi connectivity index (χ1) is 12.8. The van der Waals surface area contributed by atoms with Gasteiger partial charge in [-0.05, 0) is 26.3 Å². The predicted molar refractivity (Wildman–Crippen MR) is 103 cm³/mol. The van der Waals surface area contributed by atoms with E-state index in [4.69, 9.17) is 4.74 Å². The van der Waals surface area contributed by atoms with Crippen LogP contribution in [0.1, 0.15) is 17.0 Å². The average Bonchev–Trinajstić information content (AvgIpc) is 3.13. The van der Waals surface area contributed by atoms with Crippen LogP contribution in [0.3, 0.4) is 0 Å². The molecule has 9 heteroatoms. The number of fused-ring (bicyclic) bond motifs is 1. The Balaban J connectivity index is 2.42. The summed E-state index contributed by atoms with van der Waals surface area (Å²) in [6.07, 6.45) is 1.69. The lowest BCUT2D eigenvalue weighted by atomic mass is 10.2. The van der Waals surface area contributed by atoms with Crippen molar-refractivity contribution in [3.63, 3.8) is 0 Å². The molecule has 0 bridgehead atoms. The van der Waals surface area contributed by atoms with E-state index >= 15 is 0 Å². The Kier molecular flexibility index (Phi) is 4.88. The van der Waals surface area contributed by atoms with Gasteiger partial charge in [-0.3, -0.25) is 18.5 Å². The molecule has 3 heterocycles. The van der Waals surface area contributed by atoms with Crippen LogP contribution in [-0.2, 0) is 24.9 Å². The third kappa shape index (κ3) is 2.84. The molecule has 0 radical (unpaired) electrons. The minimum Gasteiger partial charge on any atom is -0.383 e. The van der Waals surface area contributed by atoms with E-state index < -0.39 is 11.2 Å². The minimum absolute atomic E-state index is 0.172. The zero-order valence-corrected chi connectivity index (χ0v) is 16.3. The third-order valence-electron chi connectivity index (χ3n) is 4.89. The van der Waals surface area contributed by atoms with Gasteiger partial charge in [-0.1, -0.05) is 6.08 Å². The molecule has 0 aromatic carbocycles. The van der Waals surface area contributed by atoms with Crippen LogP contribution in [0.25, 0.3) is 17.1 Å². The molecule has 0 spiro atoms. The second kappa shape index (κ2) is 6.99. The zero-order chi connectivity index (χ0) is 19.9. The van der Waals surface area contributed by atoms with Crippen molar-refractivity contribution in [1.82, 2.24) is 28.5 Å². The van der Waals surface area contributed by atoms with E-state index in [0.717, 1.165) is 17.0 Å². The summed E-state index contributed by atoms with van der Waals surface area (Å²) in [6, 6.07) is 0. The first-order valence-electron chi connectivity index (χ1n) is 8.66. The number of nitrogens with zero attached hydrogens (tertiary/aromatic N) is 6. The van der Waals surface area contributed by atoms with Crippen molar-refractivity contribution >= 4 is 11.2 Å². The highest BCUT2D eigenvalue weighted by Crippen LogP contribution is 2.19. The molecule has 0 aliphatic heterocycles. The summed E-state index contributed by atoms with van der Waals surface area (Å²) in [5, 5.41) is 4.55. The van der Waals surface area contributed by atoms with Gasteiger partial charge in [0.05, 0.1) is 18.8 Å². The van der Waals surface area contributed by atoms with Gasteiger partial charge in [0.2, 0.25) is 5.95 Å². The van der Waals surface area contributed by atoms with Crippen LogP contribution < -0.4 is 11.2 Å². The molecule has 0 atom stereocenters. The van der Waals surface area contributed by atoms with Crippen LogP contribution in [0.2, 0.25) is 0 Å². The number of imidazole rings is 1. The highest BCUT2D eigenvalue weighted by molar-refractivity contribution is 5.72. The topological polar surface area (TPSA) is 88.9 Å². The van der Waals surface area contributed by atoms with Crippen molar-refractivity contribution in [1.29, 1.82) is 0 Å². The quantitative estimate of drug-likeness (QED) is 0.598. The van der Waals surface area contributed by atoms with Gasteiger partial charge in [-0.25, -0.2) is 9.48 Å². The maximum atomic E-state index is 13.1. The van der Waals surface area contributed by atoms with E-state index in [0.29, 0.717) is 23.7 Å². The first-order valence-corrected chi connectivity index (χ1v) is 8.66. The Morgan fingerprint density at radius 3 is 2.44 bits per heavy atom. The van der Waals surface area contributed by atoms with Crippen LogP contribution >= 0.6 is 0 Å². The molecule has 0 aliphatic carbocycles. The molecule has 27 heavy (non-hydrogen) atoms. The Bertz CT molecular complexity index is 1140. The first kappa shape index (κ1) is 18.8. The van der Waals surface area contributed by atoms with Gasteiger partial charge in [0.1, 0.15) is 0 Å². The fourth-order valence-corrected chi connectivity index (χ4v) is 3.12. The van der Waals surface area contributed by atoms with Crippen LogP contribution in [0, 0.1) is 20.8 Å². The Labute approximate surface area is 156 Å². The largest absolute Gasteiger partial charge is 0.383 e. The van der Waals surface area contributed by atoms with Crippen molar-refractivity contribution in [2.75, 3.05) is 13.7 Å². The summed E-state index contributed by atoms with van der Waals surface area (Å²) in [5.74, 6) is 0.482. The van der Waals surface area contributed by atoms with Crippen LogP contribution in [-0.4, -0.2) is 42.2 Å². The lowest BCUT2D eigenvalue weighted by molar-refractivity contribution is 0.184. The SMILES string of the molecule is C=CCn1c(-n2nc(C)c(C)c2C)nc2c1c(=O)n(CCOC)c(=O)n2C. The number of methoxy groups -OCH3 is 1. The van der Waals surface area contributed by atoms with Gasteiger partial charge in [0, 0.05) is 26.4 Å². The second-order valence-corrected chi connectivity index (χ2v) is 6.48. The van der Waals surface area contributed by atoms with Crippen molar-refractivity contribution < 1.29 is 4.74 Å². The number of rotatable bonds is 6. The number of ether oxygens (including phenoxy) is 1. The summed E-state index contributed by atoms with van der Waals surface area (Å²) in [4.78, 5) is 30.3. The number of aromatic nitrogens is 6. The summed E-state index contributed by atoms with van der Waals surface area (Å²) >= 11 is 0. The third-order valence-corrected chi connectivity index (χ3v) is 4.89. The van der Waals surface area contributed by atoms with E-state index in [1.54, 1.807) is 22.4 Å². The van der Waals surface area contributed by atoms with Crippen molar-refractivity contribution in [2.24, 2.45) is 7.05 Å². The fourth-order valence-electron chi connectivity index (χ4n) is 3.12. The van der Waals surface area contributed by atoms with Gasteiger partial charge in [-0.2, -0.15) is 10.1 Å². The minimum atomic E-state index is -0.427. The molecular formula is C18H24N6O3. The molecule has 9 nitrogen and oxygen atoms in total. The van der Waals surface area contributed by atoms with Crippen molar-refractivity contribution in [3.8, 4) is 5.95 Å². The van der Waals surface area contributed by atoms with Gasteiger partial charge in [0.25, 0.3) is 5.56 Å². The molecule has 0 amide bonds. The van der Waals surface area contributed by atoms with Crippen molar-refractivity contribution in [2.45, 2.75) is 33.9 Å². The maximum absolute atomic E-state index is 13.1. The van der Waals surface area contributed by atoms with E-state index in [1.165, 1.54) is 16.2 Å². The molecule has 0 saturated carbocycles. The van der Waals surface area contributed by atoms with Crippen molar-refractivity contribution in [3.05, 3.63) is 50.4 Å². The number of allylic oxidation sites excluding steroid dienone is 1. The van der Waals surface area contributed by atoms with Crippen LogP contribution in [0.4, 0.5) is 0 Å². The molecule has 0 unspecified atom stereocenters. The lowest BCUT2D eigenvalue weighted by Gasteiger charge is -2.09. The Hall–Kier alpha value is -2.94. The molecular weight excluding hydrogens is 348 g/mol. The molecule has 0 aliphatic rings.